The van der Waals surface area contributed by atoms with Crippen molar-refractivity contribution in [3.8, 4) is 5.69 Å². The number of hydrogen-bond acceptors (Lipinski definition) is 6. The Bertz CT molecular complexity index is 1390. The van der Waals surface area contributed by atoms with Gasteiger partial charge >= 0.3 is 0 Å². The summed E-state index contributed by atoms with van der Waals surface area (Å²) in [6, 6.07) is 7.56. The lowest BCUT2D eigenvalue weighted by molar-refractivity contribution is -0.114. The van der Waals surface area contributed by atoms with E-state index in [2.05, 4.69) is 10.1 Å². The SMILES string of the molecule is CCS(=O)(=O)C1=NN2C(=N)/C(=C/c3cc(C)n(-c4cc(Cl)ccc4C)c3C)C(=O)N=C2S1. The number of aliphatic imine (C=N–C) groups is 1. The number of rotatable bonds is 3. The average molecular weight is 490 g/mol. The van der Waals surface area contributed by atoms with Crippen molar-refractivity contribution in [2.45, 2.75) is 27.7 Å². The summed E-state index contributed by atoms with van der Waals surface area (Å²) in [5.41, 5.74) is 4.55. The van der Waals surface area contributed by atoms with Gasteiger partial charge in [0.05, 0.1) is 11.3 Å². The molecule has 0 spiro atoms. The monoisotopic (exact) mass is 489 g/mol. The van der Waals surface area contributed by atoms with Gasteiger partial charge in [-0.2, -0.15) is 10.0 Å². The number of carbonyl (C=O) groups excluding carboxylic acids is 1. The van der Waals surface area contributed by atoms with Crippen molar-refractivity contribution < 1.29 is 13.2 Å². The molecule has 32 heavy (non-hydrogen) atoms. The maximum atomic E-state index is 12.7. The Morgan fingerprint density at radius 1 is 1.22 bits per heavy atom. The van der Waals surface area contributed by atoms with Crippen molar-refractivity contribution in [2.24, 2.45) is 10.1 Å². The van der Waals surface area contributed by atoms with Gasteiger partial charge in [0.15, 0.2) is 5.84 Å². The second kappa shape index (κ2) is 8.02. The summed E-state index contributed by atoms with van der Waals surface area (Å²) in [5.74, 6) is -0.945. The third-order valence-electron chi connectivity index (χ3n) is 5.26. The number of aromatic nitrogens is 1. The van der Waals surface area contributed by atoms with Gasteiger partial charge in [0, 0.05) is 22.1 Å². The van der Waals surface area contributed by atoms with E-state index in [-0.39, 0.29) is 26.7 Å². The molecule has 11 heteroatoms. The molecule has 0 radical (unpaired) electrons. The van der Waals surface area contributed by atoms with Crippen molar-refractivity contribution in [1.82, 2.24) is 9.58 Å². The molecule has 0 unspecified atom stereocenters. The molecule has 1 aromatic heterocycles. The molecule has 0 atom stereocenters. The molecule has 0 saturated heterocycles. The maximum Gasteiger partial charge on any atom is 0.283 e. The number of amides is 1. The van der Waals surface area contributed by atoms with Crippen LogP contribution in [0.5, 0.6) is 0 Å². The molecule has 0 saturated carbocycles. The molecule has 4 rings (SSSR count). The van der Waals surface area contributed by atoms with E-state index in [0.29, 0.717) is 5.02 Å². The van der Waals surface area contributed by atoms with Crippen LogP contribution in [0.2, 0.25) is 5.02 Å². The van der Waals surface area contributed by atoms with Crippen LogP contribution in [0, 0.1) is 26.2 Å². The highest BCUT2D eigenvalue weighted by atomic mass is 35.5. The van der Waals surface area contributed by atoms with Crippen LogP contribution in [0.4, 0.5) is 0 Å². The third-order valence-corrected chi connectivity index (χ3v) is 8.59. The molecule has 2 aliphatic heterocycles. The summed E-state index contributed by atoms with van der Waals surface area (Å²) in [6.45, 7) is 7.37. The lowest BCUT2D eigenvalue weighted by Crippen LogP contribution is -2.35. The zero-order valence-electron chi connectivity index (χ0n) is 17.8. The molecule has 1 N–H and O–H groups in total. The van der Waals surface area contributed by atoms with Gasteiger partial charge < -0.3 is 4.57 Å². The van der Waals surface area contributed by atoms with Gasteiger partial charge in [-0.15, -0.1) is 5.10 Å². The summed E-state index contributed by atoms with van der Waals surface area (Å²) < 4.78 is 26.2. The number of carbonyl (C=O) groups is 1. The first-order valence-corrected chi connectivity index (χ1v) is 12.6. The van der Waals surface area contributed by atoms with E-state index in [0.717, 1.165) is 45.0 Å². The minimum atomic E-state index is -3.57. The number of thioether (sulfide) groups is 1. The first-order chi connectivity index (χ1) is 15.0. The molecule has 3 heterocycles. The first kappa shape index (κ1) is 22.5. The molecule has 1 amide bonds. The highest BCUT2D eigenvalue weighted by Crippen LogP contribution is 2.32. The van der Waals surface area contributed by atoms with E-state index in [1.807, 2.05) is 49.6 Å². The Morgan fingerprint density at radius 3 is 2.62 bits per heavy atom. The molecule has 8 nitrogen and oxygen atoms in total. The largest absolute Gasteiger partial charge is 0.318 e. The van der Waals surface area contributed by atoms with Crippen LogP contribution in [0.25, 0.3) is 11.8 Å². The van der Waals surface area contributed by atoms with E-state index in [1.165, 1.54) is 6.92 Å². The van der Waals surface area contributed by atoms with E-state index < -0.39 is 15.7 Å². The van der Waals surface area contributed by atoms with Gasteiger partial charge in [-0.3, -0.25) is 10.2 Å². The lowest BCUT2D eigenvalue weighted by Gasteiger charge is -2.20. The molecule has 166 valence electrons. The van der Waals surface area contributed by atoms with Crippen LogP contribution in [-0.4, -0.2) is 45.0 Å². The van der Waals surface area contributed by atoms with Crippen LogP contribution >= 0.6 is 23.4 Å². The summed E-state index contributed by atoms with van der Waals surface area (Å²) in [7, 11) is -3.57. The second-order valence-corrected chi connectivity index (χ2v) is 11.2. The number of hydrazone groups is 1. The summed E-state index contributed by atoms with van der Waals surface area (Å²) in [6.07, 6.45) is 1.59. The average Bonchev–Trinajstić information content (AvgIpc) is 3.28. The number of halogens is 1. The van der Waals surface area contributed by atoms with Crippen molar-refractivity contribution in [3.63, 3.8) is 0 Å². The summed E-state index contributed by atoms with van der Waals surface area (Å²) >= 11 is 6.99. The van der Waals surface area contributed by atoms with Gasteiger partial charge in [-0.05, 0) is 67.9 Å². The molecular weight excluding hydrogens is 470 g/mol. The van der Waals surface area contributed by atoms with E-state index in [4.69, 9.17) is 17.0 Å². The Balaban J connectivity index is 1.77. The fourth-order valence-electron chi connectivity index (χ4n) is 3.51. The zero-order chi connectivity index (χ0) is 23.4. The Morgan fingerprint density at radius 2 is 1.94 bits per heavy atom. The normalized spacial score (nSPS) is 17.7. The fourth-order valence-corrected chi connectivity index (χ4v) is 5.84. The quantitative estimate of drug-likeness (QED) is 0.654. The smallest absolute Gasteiger partial charge is 0.283 e. The summed E-state index contributed by atoms with van der Waals surface area (Å²) in [5, 5.41) is 14.3. The minimum absolute atomic E-state index is 0.0383. The van der Waals surface area contributed by atoms with E-state index in [1.54, 1.807) is 6.08 Å². The molecule has 2 aliphatic rings. The van der Waals surface area contributed by atoms with E-state index >= 15 is 0 Å². The van der Waals surface area contributed by atoms with Gasteiger partial charge in [0.25, 0.3) is 5.91 Å². The van der Waals surface area contributed by atoms with Crippen molar-refractivity contribution in [2.75, 3.05) is 5.75 Å². The number of fused-ring (bicyclic) bond motifs is 1. The third kappa shape index (κ3) is 3.72. The van der Waals surface area contributed by atoms with Gasteiger partial charge in [0.2, 0.25) is 19.4 Å². The number of benzene rings is 1. The fraction of sp³-hybridized carbons (Fsp3) is 0.238. The number of amidine groups is 2. The minimum Gasteiger partial charge on any atom is -0.318 e. The highest BCUT2D eigenvalue weighted by Gasteiger charge is 2.39. The predicted octanol–water partition coefficient (Wildman–Crippen LogP) is 4.07. The lowest BCUT2D eigenvalue weighted by atomic mass is 10.1. The molecule has 0 bridgehead atoms. The summed E-state index contributed by atoms with van der Waals surface area (Å²) in [4.78, 5) is 16.7. The van der Waals surface area contributed by atoms with Gasteiger partial charge in [-0.1, -0.05) is 24.6 Å². The molecule has 1 aromatic carbocycles. The Hall–Kier alpha value is -2.69. The Kier molecular flexibility index (Phi) is 5.64. The van der Waals surface area contributed by atoms with Crippen molar-refractivity contribution in [1.29, 1.82) is 5.41 Å². The molecule has 0 fully saturated rings. The number of nitrogens with one attached hydrogen (secondary N) is 1. The molecule has 0 aliphatic carbocycles. The van der Waals surface area contributed by atoms with Crippen LogP contribution in [0.1, 0.15) is 29.4 Å². The maximum absolute atomic E-state index is 12.7. The van der Waals surface area contributed by atoms with Crippen molar-refractivity contribution in [3.05, 3.63) is 57.4 Å². The topological polar surface area (TPSA) is 108 Å². The molecular formula is C21H20ClN5O3S2. The standard InChI is InChI=1S/C21H20ClN5O3S2/c1-5-32(29,30)21-25-27-18(23)16(19(28)24-20(27)31-21)9-14-8-12(3)26(13(14)4)17-10-15(22)7-6-11(17)2/h6-10,23H,5H2,1-4H3/b16-9-,23-18?. The Labute approximate surface area is 195 Å². The molecule has 2 aromatic rings. The van der Waals surface area contributed by atoms with Crippen LogP contribution < -0.4 is 0 Å². The highest BCUT2D eigenvalue weighted by molar-refractivity contribution is 8.42. The number of nitrogens with zero attached hydrogens (tertiary/aromatic N) is 4. The van der Waals surface area contributed by atoms with Crippen LogP contribution in [-0.2, 0) is 14.6 Å². The first-order valence-electron chi connectivity index (χ1n) is 9.72. The van der Waals surface area contributed by atoms with Crippen LogP contribution in [0.3, 0.4) is 0 Å². The van der Waals surface area contributed by atoms with Gasteiger partial charge in [-0.25, -0.2) is 8.42 Å². The van der Waals surface area contributed by atoms with Gasteiger partial charge in [0.1, 0.15) is 0 Å². The zero-order valence-corrected chi connectivity index (χ0v) is 20.2. The number of sulfone groups is 1. The second-order valence-electron chi connectivity index (χ2n) is 7.38. The van der Waals surface area contributed by atoms with Crippen molar-refractivity contribution >= 4 is 60.6 Å². The van der Waals surface area contributed by atoms with E-state index in [9.17, 15) is 13.2 Å². The number of aryl methyl sites for hydroxylation is 2. The number of hydrogen-bond donors (Lipinski definition) is 1. The van der Waals surface area contributed by atoms with Crippen LogP contribution in [0.15, 0.2) is 39.9 Å². The predicted molar refractivity (Wildman–Crippen MR) is 129 cm³/mol.